The first-order valence-electron chi connectivity index (χ1n) is 6.41. The van der Waals surface area contributed by atoms with Crippen molar-refractivity contribution in [2.75, 3.05) is 18.9 Å². The van der Waals surface area contributed by atoms with Gasteiger partial charge in [0.25, 0.3) is 0 Å². The summed E-state index contributed by atoms with van der Waals surface area (Å²) in [4.78, 5) is 0. The SMILES string of the molecule is CCNC(CSC1CCOC1C)C(C)(C)C. The van der Waals surface area contributed by atoms with Crippen molar-refractivity contribution in [2.45, 2.75) is 58.4 Å². The molecule has 1 rings (SSSR count). The van der Waals surface area contributed by atoms with Gasteiger partial charge in [0.2, 0.25) is 0 Å². The van der Waals surface area contributed by atoms with Gasteiger partial charge in [-0.25, -0.2) is 0 Å². The number of hydrogen-bond acceptors (Lipinski definition) is 3. The summed E-state index contributed by atoms with van der Waals surface area (Å²) in [5.41, 5.74) is 0.339. The van der Waals surface area contributed by atoms with Crippen LogP contribution in [0.25, 0.3) is 0 Å². The van der Waals surface area contributed by atoms with Gasteiger partial charge in [-0.05, 0) is 25.3 Å². The lowest BCUT2D eigenvalue weighted by molar-refractivity contribution is 0.127. The second-order valence-corrected chi connectivity index (χ2v) is 6.98. The molecule has 0 aromatic carbocycles. The largest absolute Gasteiger partial charge is 0.377 e. The van der Waals surface area contributed by atoms with Crippen LogP contribution < -0.4 is 5.32 Å². The average Bonchev–Trinajstić information content (AvgIpc) is 2.57. The highest BCUT2D eigenvalue weighted by molar-refractivity contribution is 8.00. The standard InChI is InChI=1S/C13H27NOS/c1-6-14-12(13(3,4)5)9-16-11-7-8-15-10(11)2/h10-12,14H,6-9H2,1-5H3. The number of hydrogen-bond donors (Lipinski definition) is 1. The van der Waals surface area contributed by atoms with Gasteiger partial charge in [-0.1, -0.05) is 27.7 Å². The highest BCUT2D eigenvalue weighted by Crippen LogP contribution is 2.30. The molecule has 0 spiro atoms. The van der Waals surface area contributed by atoms with Crippen LogP contribution in [0.3, 0.4) is 0 Å². The minimum atomic E-state index is 0.339. The molecule has 1 saturated heterocycles. The Kier molecular flexibility index (Phi) is 5.62. The van der Waals surface area contributed by atoms with E-state index < -0.39 is 0 Å². The molecule has 1 N–H and O–H groups in total. The maximum Gasteiger partial charge on any atom is 0.0666 e. The van der Waals surface area contributed by atoms with Crippen molar-refractivity contribution in [3.8, 4) is 0 Å². The van der Waals surface area contributed by atoms with Crippen LogP contribution in [0.5, 0.6) is 0 Å². The minimum Gasteiger partial charge on any atom is -0.377 e. The number of ether oxygens (including phenoxy) is 1. The quantitative estimate of drug-likeness (QED) is 0.805. The average molecular weight is 245 g/mol. The van der Waals surface area contributed by atoms with Crippen LogP contribution >= 0.6 is 11.8 Å². The van der Waals surface area contributed by atoms with Gasteiger partial charge in [0.1, 0.15) is 0 Å². The van der Waals surface area contributed by atoms with Crippen LogP contribution in [-0.2, 0) is 4.74 Å². The summed E-state index contributed by atoms with van der Waals surface area (Å²) in [6.07, 6.45) is 1.65. The Morgan fingerprint density at radius 3 is 2.56 bits per heavy atom. The van der Waals surface area contributed by atoms with Crippen LogP contribution in [0.2, 0.25) is 0 Å². The van der Waals surface area contributed by atoms with Crippen molar-refractivity contribution in [3.05, 3.63) is 0 Å². The van der Waals surface area contributed by atoms with Crippen molar-refractivity contribution in [1.29, 1.82) is 0 Å². The maximum absolute atomic E-state index is 5.60. The molecular weight excluding hydrogens is 218 g/mol. The zero-order valence-corrected chi connectivity index (χ0v) is 12.2. The summed E-state index contributed by atoms with van der Waals surface area (Å²) >= 11 is 2.08. The number of rotatable bonds is 5. The molecule has 3 atom stereocenters. The highest BCUT2D eigenvalue weighted by atomic mass is 32.2. The number of nitrogens with one attached hydrogen (secondary N) is 1. The van der Waals surface area contributed by atoms with Crippen molar-refractivity contribution in [1.82, 2.24) is 5.32 Å². The van der Waals surface area contributed by atoms with E-state index in [9.17, 15) is 0 Å². The fraction of sp³-hybridized carbons (Fsp3) is 1.00. The van der Waals surface area contributed by atoms with E-state index in [2.05, 4.69) is 51.7 Å². The molecule has 0 aromatic heterocycles. The Hall–Kier alpha value is 0.270. The van der Waals surface area contributed by atoms with E-state index in [0.717, 1.165) is 13.2 Å². The second kappa shape index (κ2) is 6.27. The fourth-order valence-electron chi connectivity index (χ4n) is 2.01. The maximum atomic E-state index is 5.60. The highest BCUT2D eigenvalue weighted by Gasteiger charge is 2.29. The van der Waals surface area contributed by atoms with Crippen LogP contribution in [-0.4, -0.2) is 36.3 Å². The van der Waals surface area contributed by atoms with Gasteiger partial charge in [0.05, 0.1) is 6.10 Å². The molecule has 1 aliphatic rings. The molecule has 2 nitrogen and oxygen atoms in total. The van der Waals surface area contributed by atoms with Gasteiger partial charge >= 0.3 is 0 Å². The number of thioether (sulfide) groups is 1. The molecule has 0 saturated carbocycles. The molecule has 0 aromatic rings. The van der Waals surface area contributed by atoms with Crippen molar-refractivity contribution < 1.29 is 4.74 Å². The van der Waals surface area contributed by atoms with Gasteiger partial charge in [0, 0.05) is 23.7 Å². The fourth-order valence-corrected chi connectivity index (χ4v) is 3.68. The van der Waals surface area contributed by atoms with E-state index in [1.54, 1.807) is 0 Å². The lowest BCUT2D eigenvalue weighted by Gasteiger charge is -2.32. The normalized spacial score (nSPS) is 28.3. The molecule has 0 radical (unpaired) electrons. The van der Waals surface area contributed by atoms with Crippen LogP contribution in [0, 0.1) is 5.41 Å². The van der Waals surface area contributed by atoms with Crippen molar-refractivity contribution in [2.24, 2.45) is 5.41 Å². The molecule has 3 heteroatoms. The molecule has 1 aliphatic heterocycles. The van der Waals surface area contributed by atoms with Crippen LogP contribution in [0.15, 0.2) is 0 Å². The second-order valence-electron chi connectivity index (χ2n) is 5.71. The zero-order chi connectivity index (χ0) is 12.2. The van der Waals surface area contributed by atoms with E-state index in [0.29, 0.717) is 22.8 Å². The molecule has 96 valence electrons. The topological polar surface area (TPSA) is 21.3 Å². The van der Waals surface area contributed by atoms with Gasteiger partial charge in [0.15, 0.2) is 0 Å². The summed E-state index contributed by atoms with van der Waals surface area (Å²) in [7, 11) is 0. The molecule has 16 heavy (non-hydrogen) atoms. The summed E-state index contributed by atoms with van der Waals surface area (Å²) in [6, 6.07) is 0.593. The molecule has 1 heterocycles. The minimum absolute atomic E-state index is 0.339. The van der Waals surface area contributed by atoms with Crippen LogP contribution in [0.1, 0.15) is 41.0 Å². The van der Waals surface area contributed by atoms with Gasteiger partial charge in [-0.2, -0.15) is 11.8 Å². The van der Waals surface area contributed by atoms with Gasteiger partial charge in [-0.15, -0.1) is 0 Å². The first-order chi connectivity index (χ1) is 7.45. The smallest absolute Gasteiger partial charge is 0.0666 e. The van der Waals surface area contributed by atoms with E-state index >= 15 is 0 Å². The summed E-state index contributed by atoms with van der Waals surface area (Å²) in [5, 5.41) is 4.30. The lowest BCUT2D eigenvalue weighted by atomic mass is 9.88. The summed E-state index contributed by atoms with van der Waals surface area (Å²) < 4.78 is 5.60. The molecule has 1 fully saturated rings. The predicted molar refractivity (Wildman–Crippen MR) is 73.2 cm³/mol. The van der Waals surface area contributed by atoms with E-state index in [4.69, 9.17) is 4.74 Å². The van der Waals surface area contributed by atoms with E-state index in [1.165, 1.54) is 12.2 Å². The summed E-state index contributed by atoms with van der Waals surface area (Å²) in [6.45, 7) is 13.3. The lowest BCUT2D eigenvalue weighted by Crippen LogP contribution is -2.42. The van der Waals surface area contributed by atoms with Crippen molar-refractivity contribution in [3.63, 3.8) is 0 Å². The molecular formula is C13H27NOS. The van der Waals surface area contributed by atoms with E-state index in [1.807, 2.05) is 0 Å². The molecule has 0 bridgehead atoms. The third kappa shape index (κ3) is 4.27. The molecule has 0 amide bonds. The Balaban J connectivity index is 2.37. The molecule has 3 unspecified atom stereocenters. The first kappa shape index (κ1) is 14.3. The third-order valence-electron chi connectivity index (χ3n) is 3.28. The monoisotopic (exact) mass is 245 g/mol. The predicted octanol–water partition coefficient (Wildman–Crippen LogP) is 2.92. The van der Waals surface area contributed by atoms with Gasteiger partial charge < -0.3 is 10.1 Å². The Bertz CT molecular complexity index is 203. The molecule has 0 aliphatic carbocycles. The van der Waals surface area contributed by atoms with E-state index in [-0.39, 0.29) is 0 Å². The Morgan fingerprint density at radius 2 is 2.12 bits per heavy atom. The Labute approximate surface area is 105 Å². The Morgan fingerprint density at radius 1 is 1.44 bits per heavy atom. The first-order valence-corrected chi connectivity index (χ1v) is 7.46. The summed E-state index contributed by atoms with van der Waals surface area (Å²) in [5.74, 6) is 1.19. The van der Waals surface area contributed by atoms with Crippen LogP contribution in [0.4, 0.5) is 0 Å². The third-order valence-corrected chi connectivity index (χ3v) is 4.85. The van der Waals surface area contributed by atoms with Crippen molar-refractivity contribution >= 4 is 11.8 Å². The zero-order valence-electron chi connectivity index (χ0n) is 11.4. The van der Waals surface area contributed by atoms with Gasteiger partial charge in [-0.3, -0.25) is 0 Å².